The van der Waals surface area contributed by atoms with Gasteiger partial charge >= 0.3 is 0 Å². The summed E-state index contributed by atoms with van der Waals surface area (Å²) >= 11 is 0. The van der Waals surface area contributed by atoms with Gasteiger partial charge in [-0.05, 0) is 31.2 Å². The number of hydrogen-bond donors (Lipinski definition) is 2. The van der Waals surface area contributed by atoms with Gasteiger partial charge in [0, 0.05) is 26.7 Å². The standard InChI is InChI=1S/C15H23NO5/c1-15(18,8-9-19-2)11-16-14(17)10-21-13-6-4-12(20-3)5-7-13/h4-7,18H,8-11H2,1-3H3,(H,16,17). The van der Waals surface area contributed by atoms with Crippen LogP contribution in [0.3, 0.4) is 0 Å². The van der Waals surface area contributed by atoms with Gasteiger partial charge in [0.05, 0.1) is 12.7 Å². The summed E-state index contributed by atoms with van der Waals surface area (Å²) < 4.78 is 15.3. The van der Waals surface area contributed by atoms with Crippen LogP contribution in [0.4, 0.5) is 0 Å². The van der Waals surface area contributed by atoms with Gasteiger partial charge in [-0.25, -0.2) is 0 Å². The Morgan fingerprint density at radius 1 is 1.24 bits per heavy atom. The molecule has 0 aliphatic carbocycles. The number of benzene rings is 1. The molecule has 6 heteroatoms. The molecule has 0 saturated heterocycles. The molecule has 1 rings (SSSR count). The monoisotopic (exact) mass is 297 g/mol. The Morgan fingerprint density at radius 3 is 2.43 bits per heavy atom. The van der Waals surface area contributed by atoms with Gasteiger partial charge in [-0.15, -0.1) is 0 Å². The van der Waals surface area contributed by atoms with E-state index in [4.69, 9.17) is 14.2 Å². The van der Waals surface area contributed by atoms with E-state index in [1.54, 1.807) is 45.4 Å². The SMILES string of the molecule is COCCC(C)(O)CNC(=O)COc1ccc(OC)cc1. The van der Waals surface area contributed by atoms with Crippen LogP contribution in [0.15, 0.2) is 24.3 Å². The Labute approximate surface area is 125 Å². The average Bonchev–Trinajstić information content (AvgIpc) is 2.49. The van der Waals surface area contributed by atoms with Crippen molar-refractivity contribution in [2.24, 2.45) is 0 Å². The summed E-state index contributed by atoms with van der Waals surface area (Å²) in [5.74, 6) is 1.02. The van der Waals surface area contributed by atoms with Crippen molar-refractivity contribution in [3.63, 3.8) is 0 Å². The molecule has 1 amide bonds. The van der Waals surface area contributed by atoms with E-state index in [2.05, 4.69) is 5.32 Å². The maximum absolute atomic E-state index is 11.7. The van der Waals surface area contributed by atoms with Gasteiger partial charge in [-0.3, -0.25) is 4.79 Å². The smallest absolute Gasteiger partial charge is 0.258 e. The molecule has 118 valence electrons. The van der Waals surface area contributed by atoms with Crippen LogP contribution in [0.1, 0.15) is 13.3 Å². The summed E-state index contributed by atoms with van der Waals surface area (Å²) in [6, 6.07) is 6.95. The number of rotatable bonds is 9. The largest absolute Gasteiger partial charge is 0.497 e. The molecule has 0 bridgehead atoms. The van der Waals surface area contributed by atoms with Gasteiger partial charge in [0.15, 0.2) is 6.61 Å². The molecule has 1 aromatic rings. The normalized spacial score (nSPS) is 13.3. The molecular formula is C15H23NO5. The van der Waals surface area contributed by atoms with Crippen LogP contribution in [0.25, 0.3) is 0 Å². The Morgan fingerprint density at radius 2 is 1.86 bits per heavy atom. The number of ether oxygens (including phenoxy) is 3. The number of carbonyl (C=O) groups is 1. The third-order valence-electron chi connectivity index (χ3n) is 2.94. The van der Waals surface area contributed by atoms with Crippen molar-refractivity contribution in [3.05, 3.63) is 24.3 Å². The highest BCUT2D eigenvalue weighted by atomic mass is 16.5. The zero-order valence-corrected chi connectivity index (χ0v) is 12.7. The number of methoxy groups -OCH3 is 2. The second kappa shape index (κ2) is 8.49. The fourth-order valence-electron chi connectivity index (χ4n) is 1.57. The minimum Gasteiger partial charge on any atom is -0.497 e. The number of hydrogen-bond acceptors (Lipinski definition) is 5. The first-order valence-corrected chi connectivity index (χ1v) is 6.72. The van der Waals surface area contributed by atoms with Crippen LogP contribution in [0.2, 0.25) is 0 Å². The first-order valence-electron chi connectivity index (χ1n) is 6.72. The van der Waals surface area contributed by atoms with Gasteiger partial charge in [0.2, 0.25) is 0 Å². The number of aliphatic hydroxyl groups is 1. The fourth-order valence-corrected chi connectivity index (χ4v) is 1.57. The van der Waals surface area contributed by atoms with E-state index >= 15 is 0 Å². The Hall–Kier alpha value is -1.79. The lowest BCUT2D eigenvalue weighted by Gasteiger charge is -2.23. The number of carbonyl (C=O) groups excluding carboxylic acids is 1. The summed E-state index contributed by atoms with van der Waals surface area (Å²) in [7, 11) is 3.15. The van der Waals surface area contributed by atoms with Gasteiger partial charge in [0.1, 0.15) is 11.5 Å². The zero-order valence-electron chi connectivity index (χ0n) is 12.7. The van der Waals surface area contributed by atoms with Gasteiger partial charge in [-0.1, -0.05) is 0 Å². The van der Waals surface area contributed by atoms with E-state index in [-0.39, 0.29) is 19.1 Å². The summed E-state index contributed by atoms with van der Waals surface area (Å²) in [6.45, 7) is 2.13. The van der Waals surface area contributed by atoms with E-state index < -0.39 is 5.60 Å². The summed E-state index contributed by atoms with van der Waals surface area (Å²) in [5, 5.41) is 12.6. The molecule has 1 unspecified atom stereocenters. The highest BCUT2D eigenvalue weighted by molar-refractivity contribution is 5.77. The zero-order chi connectivity index (χ0) is 15.7. The van der Waals surface area contributed by atoms with Crippen molar-refractivity contribution >= 4 is 5.91 Å². The van der Waals surface area contributed by atoms with Crippen molar-refractivity contribution in [2.45, 2.75) is 18.9 Å². The lowest BCUT2D eigenvalue weighted by atomic mass is 10.0. The third-order valence-corrected chi connectivity index (χ3v) is 2.94. The van der Waals surface area contributed by atoms with Crippen LogP contribution in [-0.4, -0.2) is 50.6 Å². The van der Waals surface area contributed by atoms with E-state index in [0.717, 1.165) is 5.75 Å². The Kier molecular flexibility index (Phi) is 6.98. The van der Waals surface area contributed by atoms with Gasteiger partial charge < -0.3 is 24.6 Å². The lowest BCUT2D eigenvalue weighted by Crippen LogP contribution is -2.42. The highest BCUT2D eigenvalue weighted by Crippen LogP contribution is 2.16. The summed E-state index contributed by atoms with van der Waals surface area (Å²) in [6.07, 6.45) is 0.448. The number of nitrogens with one attached hydrogen (secondary N) is 1. The summed E-state index contributed by atoms with van der Waals surface area (Å²) in [5.41, 5.74) is -0.994. The first kappa shape index (κ1) is 17.3. The molecule has 0 aliphatic heterocycles. The number of amides is 1. The van der Waals surface area contributed by atoms with Crippen molar-refractivity contribution in [1.82, 2.24) is 5.32 Å². The van der Waals surface area contributed by atoms with Gasteiger partial charge in [-0.2, -0.15) is 0 Å². The maximum atomic E-state index is 11.7. The van der Waals surface area contributed by atoms with Crippen LogP contribution in [0.5, 0.6) is 11.5 Å². The molecule has 21 heavy (non-hydrogen) atoms. The molecule has 1 atom stereocenters. The second-order valence-corrected chi connectivity index (χ2v) is 4.98. The maximum Gasteiger partial charge on any atom is 0.258 e. The van der Waals surface area contributed by atoms with Crippen molar-refractivity contribution < 1.29 is 24.1 Å². The van der Waals surface area contributed by atoms with E-state index in [9.17, 15) is 9.90 Å². The molecule has 6 nitrogen and oxygen atoms in total. The highest BCUT2D eigenvalue weighted by Gasteiger charge is 2.20. The van der Waals surface area contributed by atoms with Gasteiger partial charge in [0.25, 0.3) is 5.91 Å². The first-order chi connectivity index (χ1) is 9.96. The van der Waals surface area contributed by atoms with Crippen molar-refractivity contribution in [3.8, 4) is 11.5 Å². The van der Waals surface area contributed by atoms with Crippen LogP contribution >= 0.6 is 0 Å². The predicted molar refractivity (Wildman–Crippen MR) is 78.6 cm³/mol. The Balaban J connectivity index is 2.30. The molecule has 0 heterocycles. The average molecular weight is 297 g/mol. The lowest BCUT2D eigenvalue weighted by molar-refractivity contribution is -0.124. The van der Waals surface area contributed by atoms with Crippen molar-refractivity contribution in [1.29, 1.82) is 0 Å². The molecule has 2 N–H and O–H groups in total. The molecule has 0 aromatic heterocycles. The topological polar surface area (TPSA) is 77.0 Å². The quantitative estimate of drug-likeness (QED) is 0.710. The van der Waals surface area contributed by atoms with Crippen LogP contribution in [0, 0.1) is 0 Å². The van der Waals surface area contributed by atoms with E-state index in [1.165, 1.54) is 0 Å². The molecule has 0 spiro atoms. The third kappa shape index (κ3) is 6.97. The molecule has 0 radical (unpaired) electrons. The van der Waals surface area contributed by atoms with E-state index in [1.807, 2.05) is 0 Å². The Bertz CT molecular complexity index is 430. The second-order valence-electron chi connectivity index (χ2n) is 4.98. The predicted octanol–water partition coefficient (Wildman–Crippen LogP) is 0.978. The minimum atomic E-state index is -0.994. The summed E-state index contributed by atoms with van der Waals surface area (Å²) in [4.78, 5) is 11.7. The van der Waals surface area contributed by atoms with Crippen LogP contribution < -0.4 is 14.8 Å². The molecule has 1 aromatic carbocycles. The molecular weight excluding hydrogens is 274 g/mol. The molecule has 0 fully saturated rings. The minimum absolute atomic E-state index is 0.104. The van der Waals surface area contributed by atoms with E-state index in [0.29, 0.717) is 18.8 Å². The molecule has 0 aliphatic rings. The molecule has 0 saturated carbocycles. The van der Waals surface area contributed by atoms with Crippen LogP contribution in [-0.2, 0) is 9.53 Å². The van der Waals surface area contributed by atoms with Crippen molar-refractivity contribution in [2.75, 3.05) is 34.0 Å². The fraction of sp³-hybridized carbons (Fsp3) is 0.533.